The highest BCUT2D eigenvalue weighted by Crippen LogP contribution is 2.15. The molecule has 0 fully saturated rings. The van der Waals surface area contributed by atoms with Crippen LogP contribution in [0.5, 0.6) is 5.75 Å². The lowest BCUT2D eigenvalue weighted by atomic mass is 10.2. The maximum atomic E-state index is 10.7. The normalized spacial score (nSPS) is 12.1. The number of rotatable bonds is 7. The molecule has 8 heteroatoms. The van der Waals surface area contributed by atoms with E-state index >= 15 is 0 Å². The van der Waals surface area contributed by atoms with Gasteiger partial charge in [0.25, 0.3) is 0 Å². The number of aromatic nitrogens is 3. The number of carboxylic acid groups (broad SMARTS) is 1. The average molecular weight is 311 g/mol. The standard InChI is InChI=1S/C13H15ClN4O3/c14-9-1-3-11(4-2-9)21-6-5-18-8-10(16-17-18)7-12(15)13(19)20/h1-4,8,12H,5-7,15H2,(H,19,20). The Morgan fingerprint density at radius 1 is 1.43 bits per heavy atom. The molecule has 112 valence electrons. The van der Waals surface area contributed by atoms with Gasteiger partial charge < -0.3 is 15.6 Å². The van der Waals surface area contributed by atoms with E-state index in [1.54, 1.807) is 35.1 Å². The first-order valence-corrected chi connectivity index (χ1v) is 6.68. The molecule has 1 heterocycles. The lowest BCUT2D eigenvalue weighted by molar-refractivity contribution is -0.138. The Bertz CT molecular complexity index is 600. The van der Waals surface area contributed by atoms with Crippen molar-refractivity contribution in [2.24, 2.45) is 5.73 Å². The molecule has 0 radical (unpaired) electrons. The summed E-state index contributed by atoms with van der Waals surface area (Å²) in [5, 5.41) is 17.1. The summed E-state index contributed by atoms with van der Waals surface area (Å²) in [7, 11) is 0. The number of carboxylic acids is 1. The number of nitrogens with zero attached hydrogens (tertiary/aromatic N) is 3. The highest BCUT2D eigenvalue weighted by atomic mass is 35.5. The van der Waals surface area contributed by atoms with Gasteiger partial charge in [-0.1, -0.05) is 16.8 Å². The van der Waals surface area contributed by atoms with Crippen LogP contribution in [0.3, 0.4) is 0 Å². The first kappa shape index (κ1) is 15.3. The topological polar surface area (TPSA) is 103 Å². The average Bonchev–Trinajstić information content (AvgIpc) is 2.88. The predicted octanol–water partition coefficient (Wildman–Crippen LogP) is 0.965. The molecule has 0 spiro atoms. The van der Waals surface area contributed by atoms with Crippen LogP contribution in [-0.2, 0) is 17.8 Å². The number of hydrogen-bond acceptors (Lipinski definition) is 5. The molecule has 0 aliphatic carbocycles. The Morgan fingerprint density at radius 3 is 2.81 bits per heavy atom. The van der Waals surface area contributed by atoms with Crippen molar-refractivity contribution < 1.29 is 14.6 Å². The van der Waals surface area contributed by atoms with Crippen molar-refractivity contribution in [1.29, 1.82) is 0 Å². The fourth-order valence-corrected chi connectivity index (χ4v) is 1.77. The molecule has 2 rings (SSSR count). The number of carbonyl (C=O) groups is 1. The van der Waals surface area contributed by atoms with Crippen molar-refractivity contribution in [3.8, 4) is 5.75 Å². The van der Waals surface area contributed by atoms with Gasteiger partial charge in [-0.25, -0.2) is 4.68 Å². The van der Waals surface area contributed by atoms with E-state index in [1.165, 1.54) is 0 Å². The van der Waals surface area contributed by atoms with Crippen LogP contribution in [0.15, 0.2) is 30.5 Å². The molecule has 0 saturated carbocycles. The van der Waals surface area contributed by atoms with E-state index < -0.39 is 12.0 Å². The molecule has 21 heavy (non-hydrogen) atoms. The molecule has 0 aliphatic heterocycles. The maximum Gasteiger partial charge on any atom is 0.320 e. The van der Waals surface area contributed by atoms with Gasteiger partial charge in [0.2, 0.25) is 0 Å². The lowest BCUT2D eigenvalue weighted by Crippen LogP contribution is -2.32. The zero-order chi connectivity index (χ0) is 15.2. The van der Waals surface area contributed by atoms with Gasteiger partial charge in [-0.05, 0) is 24.3 Å². The zero-order valence-corrected chi connectivity index (χ0v) is 11.9. The third kappa shape index (κ3) is 4.73. The fourth-order valence-electron chi connectivity index (χ4n) is 1.64. The van der Waals surface area contributed by atoms with Crippen LogP contribution in [0, 0.1) is 0 Å². The zero-order valence-electron chi connectivity index (χ0n) is 11.1. The van der Waals surface area contributed by atoms with Crippen LogP contribution >= 0.6 is 11.6 Å². The SMILES string of the molecule is NC(Cc1cn(CCOc2ccc(Cl)cc2)nn1)C(=O)O. The number of aliphatic carboxylic acids is 1. The molecular weight excluding hydrogens is 296 g/mol. The quantitative estimate of drug-likeness (QED) is 0.789. The van der Waals surface area contributed by atoms with Crippen LogP contribution in [-0.4, -0.2) is 38.7 Å². The fraction of sp³-hybridized carbons (Fsp3) is 0.308. The molecule has 1 atom stereocenters. The summed E-state index contributed by atoms with van der Waals surface area (Å²) in [6, 6.07) is 6.08. The van der Waals surface area contributed by atoms with Crippen LogP contribution in [0.25, 0.3) is 0 Å². The number of halogens is 1. The van der Waals surface area contributed by atoms with Gasteiger partial charge in [-0.3, -0.25) is 4.79 Å². The molecule has 1 aromatic heterocycles. The van der Waals surface area contributed by atoms with E-state index in [9.17, 15) is 4.79 Å². The predicted molar refractivity (Wildman–Crippen MR) is 76.3 cm³/mol. The Hall–Kier alpha value is -2.12. The molecular formula is C13H15ClN4O3. The first-order chi connectivity index (χ1) is 10.0. The molecule has 1 unspecified atom stereocenters. The molecule has 1 aromatic carbocycles. The van der Waals surface area contributed by atoms with Crippen LogP contribution in [0.4, 0.5) is 0 Å². The minimum absolute atomic E-state index is 0.146. The van der Waals surface area contributed by atoms with Gasteiger partial charge in [0.05, 0.1) is 12.2 Å². The van der Waals surface area contributed by atoms with E-state index in [0.717, 1.165) is 0 Å². The maximum absolute atomic E-state index is 10.7. The molecule has 0 saturated heterocycles. The van der Waals surface area contributed by atoms with Gasteiger partial charge in [0, 0.05) is 17.6 Å². The Kier molecular flexibility index (Phi) is 5.13. The molecule has 7 nitrogen and oxygen atoms in total. The Labute approximate surface area is 126 Å². The number of benzene rings is 1. The number of hydrogen-bond donors (Lipinski definition) is 2. The van der Waals surface area contributed by atoms with Crippen molar-refractivity contribution >= 4 is 17.6 Å². The van der Waals surface area contributed by atoms with E-state index in [0.29, 0.717) is 29.6 Å². The van der Waals surface area contributed by atoms with E-state index in [-0.39, 0.29) is 6.42 Å². The van der Waals surface area contributed by atoms with Crippen molar-refractivity contribution in [3.63, 3.8) is 0 Å². The van der Waals surface area contributed by atoms with E-state index in [4.69, 9.17) is 27.2 Å². The number of ether oxygens (including phenoxy) is 1. The summed E-state index contributed by atoms with van der Waals surface area (Å²) in [5.74, 6) is -0.344. The van der Waals surface area contributed by atoms with Gasteiger partial charge in [-0.2, -0.15) is 0 Å². The minimum atomic E-state index is -1.06. The Balaban J connectivity index is 1.80. The molecule has 2 aromatic rings. The van der Waals surface area contributed by atoms with Crippen molar-refractivity contribution in [1.82, 2.24) is 15.0 Å². The van der Waals surface area contributed by atoms with Gasteiger partial charge in [0.15, 0.2) is 0 Å². The summed E-state index contributed by atoms with van der Waals surface area (Å²) >= 11 is 5.78. The van der Waals surface area contributed by atoms with Gasteiger partial charge in [-0.15, -0.1) is 5.10 Å². The van der Waals surface area contributed by atoms with Crippen LogP contribution in [0.1, 0.15) is 5.69 Å². The monoisotopic (exact) mass is 310 g/mol. The largest absolute Gasteiger partial charge is 0.492 e. The second-order valence-corrected chi connectivity index (χ2v) is 4.86. The Morgan fingerprint density at radius 2 is 2.14 bits per heavy atom. The van der Waals surface area contributed by atoms with Crippen LogP contribution in [0.2, 0.25) is 5.02 Å². The summed E-state index contributed by atoms with van der Waals surface area (Å²) < 4.78 is 7.11. The minimum Gasteiger partial charge on any atom is -0.492 e. The van der Waals surface area contributed by atoms with Crippen molar-refractivity contribution in [2.75, 3.05) is 6.61 Å². The lowest BCUT2D eigenvalue weighted by Gasteiger charge is -2.05. The summed E-state index contributed by atoms with van der Waals surface area (Å²) in [6.45, 7) is 0.910. The molecule has 0 bridgehead atoms. The second-order valence-electron chi connectivity index (χ2n) is 4.42. The third-order valence-electron chi connectivity index (χ3n) is 2.74. The molecule has 0 aliphatic rings. The van der Waals surface area contributed by atoms with Gasteiger partial charge in [0.1, 0.15) is 18.4 Å². The molecule has 0 amide bonds. The van der Waals surface area contributed by atoms with Gasteiger partial charge >= 0.3 is 5.97 Å². The highest BCUT2D eigenvalue weighted by molar-refractivity contribution is 6.30. The van der Waals surface area contributed by atoms with E-state index in [2.05, 4.69) is 10.3 Å². The van der Waals surface area contributed by atoms with Crippen molar-refractivity contribution in [3.05, 3.63) is 41.2 Å². The second kappa shape index (κ2) is 7.05. The van der Waals surface area contributed by atoms with Crippen LogP contribution < -0.4 is 10.5 Å². The van der Waals surface area contributed by atoms with Crippen molar-refractivity contribution in [2.45, 2.75) is 19.0 Å². The number of nitrogens with two attached hydrogens (primary N) is 1. The smallest absolute Gasteiger partial charge is 0.320 e. The first-order valence-electron chi connectivity index (χ1n) is 6.30. The van der Waals surface area contributed by atoms with E-state index in [1.807, 2.05) is 0 Å². The third-order valence-corrected chi connectivity index (χ3v) is 2.99. The summed E-state index contributed by atoms with van der Waals surface area (Å²) in [5.41, 5.74) is 5.97. The molecule has 3 N–H and O–H groups in total. The summed E-state index contributed by atoms with van der Waals surface area (Å²) in [6.07, 6.45) is 1.81. The highest BCUT2D eigenvalue weighted by Gasteiger charge is 2.14. The summed E-state index contributed by atoms with van der Waals surface area (Å²) in [4.78, 5) is 10.7.